The first-order valence-corrected chi connectivity index (χ1v) is 6.30. The van der Waals surface area contributed by atoms with Crippen LogP contribution in [0, 0.1) is 5.53 Å². The van der Waals surface area contributed by atoms with Crippen molar-refractivity contribution >= 4 is 32.4 Å². The Bertz CT molecular complexity index is 547. The van der Waals surface area contributed by atoms with Gasteiger partial charge in [-0.3, -0.25) is 0 Å². The number of ether oxygens (including phenoxy) is 1. The molecule has 0 amide bonds. The molecule has 1 aliphatic heterocycles. The summed E-state index contributed by atoms with van der Waals surface area (Å²) in [6.45, 7) is 3.28. The van der Waals surface area contributed by atoms with Crippen molar-refractivity contribution in [3.63, 3.8) is 0 Å². The topological polar surface area (TPSA) is 61.6 Å². The molecule has 0 atom stereocenters. The molecule has 17 heavy (non-hydrogen) atoms. The Morgan fingerprint density at radius 1 is 1.35 bits per heavy atom. The van der Waals surface area contributed by atoms with Crippen LogP contribution in [0.2, 0.25) is 0 Å². The molecule has 1 aromatic heterocycles. The fourth-order valence-corrected chi connectivity index (χ4v) is 2.94. The van der Waals surface area contributed by atoms with E-state index >= 15 is 0 Å². The van der Waals surface area contributed by atoms with E-state index < -0.39 is 0 Å². The quantitative estimate of drug-likeness (QED) is 0.831. The lowest BCUT2D eigenvalue weighted by molar-refractivity contribution is 0.122. The zero-order valence-electron chi connectivity index (χ0n) is 9.22. The Morgan fingerprint density at radius 2 is 2.18 bits per heavy atom. The number of rotatable bonds is 2. The molecule has 0 unspecified atom stereocenters. The van der Waals surface area contributed by atoms with Gasteiger partial charge in [0.15, 0.2) is 5.13 Å². The van der Waals surface area contributed by atoms with Gasteiger partial charge in [0.25, 0.3) is 0 Å². The van der Waals surface area contributed by atoms with Crippen molar-refractivity contribution in [3.05, 3.63) is 18.2 Å². The van der Waals surface area contributed by atoms with E-state index in [4.69, 9.17) is 10.3 Å². The smallest absolute Gasteiger partial charge is 0.186 e. The molecular weight excluding hydrogens is 236 g/mol. The minimum Gasteiger partial charge on any atom is -0.378 e. The summed E-state index contributed by atoms with van der Waals surface area (Å²) in [5.41, 5.74) is 8.60. The second kappa shape index (κ2) is 4.38. The highest BCUT2D eigenvalue weighted by molar-refractivity contribution is 7.22. The van der Waals surface area contributed by atoms with Crippen LogP contribution in [-0.4, -0.2) is 31.3 Å². The van der Waals surface area contributed by atoms with Crippen molar-refractivity contribution in [1.29, 1.82) is 5.53 Å². The molecule has 1 aromatic carbocycles. The van der Waals surface area contributed by atoms with E-state index in [2.05, 4.69) is 15.0 Å². The Hall–Kier alpha value is -1.53. The molecule has 1 saturated heterocycles. The Morgan fingerprint density at radius 3 is 2.94 bits per heavy atom. The summed E-state index contributed by atoms with van der Waals surface area (Å²) in [4.78, 5) is 6.81. The van der Waals surface area contributed by atoms with E-state index in [1.165, 1.54) is 0 Å². The maximum Gasteiger partial charge on any atom is 0.186 e. The largest absolute Gasteiger partial charge is 0.378 e. The highest BCUT2D eigenvalue weighted by Crippen LogP contribution is 2.34. The zero-order valence-corrected chi connectivity index (χ0v) is 10.0. The maximum atomic E-state index is 7.14. The van der Waals surface area contributed by atoms with Gasteiger partial charge in [-0.25, -0.2) is 10.5 Å². The number of para-hydroxylation sites is 1. The number of nitrogens with one attached hydrogen (secondary N) is 1. The number of thiazole rings is 1. The van der Waals surface area contributed by atoms with Gasteiger partial charge in [0.2, 0.25) is 0 Å². The van der Waals surface area contributed by atoms with Crippen LogP contribution in [-0.2, 0) is 4.74 Å². The van der Waals surface area contributed by atoms with Crippen LogP contribution >= 0.6 is 11.3 Å². The Kier molecular flexibility index (Phi) is 2.74. The van der Waals surface area contributed by atoms with Gasteiger partial charge in [-0.1, -0.05) is 17.4 Å². The number of fused-ring (bicyclic) bond motifs is 1. The summed E-state index contributed by atoms with van der Waals surface area (Å²) in [6, 6.07) is 5.75. The number of hydrogen-bond donors (Lipinski definition) is 1. The van der Waals surface area contributed by atoms with Crippen LogP contribution in [0.3, 0.4) is 0 Å². The standard InChI is InChI=1S/C11H12N4OS/c12-14-8-2-1-3-9-10(8)13-11(17-9)15-4-6-16-7-5-15/h1-3,12H,4-7H2. The number of nitrogens with zero attached hydrogens (tertiary/aromatic N) is 3. The third-order valence-corrected chi connectivity index (χ3v) is 3.87. The third kappa shape index (κ3) is 1.89. The van der Waals surface area contributed by atoms with Crippen molar-refractivity contribution in [2.75, 3.05) is 31.2 Å². The van der Waals surface area contributed by atoms with Gasteiger partial charge in [0.05, 0.1) is 17.9 Å². The van der Waals surface area contributed by atoms with Gasteiger partial charge in [0.1, 0.15) is 11.2 Å². The molecule has 2 aromatic rings. The molecule has 1 N–H and O–H groups in total. The fourth-order valence-electron chi connectivity index (χ4n) is 1.90. The number of anilines is 1. The fraction of sp³-hybridized carbons (Fsp3) is 0.364. The Labute approximate surface area is 103 Å². The first kappa shape index (κ1) is 10.6. The third-order valence-electron chi connectivity index (χ3n) is 2.79. The van der Waals surface area contributed by atoms with Crippen LogP contribution in [0.4, 0.5) is 10.8 Å². The number of morpholine rings is 1. The van der Waals surface area contributed by atoms with E-state index in [0.29, 0.717) is 5.69 Å². The lowest BCUT2D eigenvalue weighted by atomic mass is 10.3. The van der Waals surface area contributed by atoms with Gasteiger partial charge in [0, 0.05) is 13.1 Å². The predicted molar refractivity (Wildman–Crippen MR) is 67.5 cm³/mol. The lowest BCUT2D eigenvalue weighted by Gasteiger charge is -2.25. The second-order valence-corrected chi connectivity index (χ2v) is 4.84. The summed E-state index contributed by atoms with van der Waals surface area (Å²) >= 11 is 1.65. The van der Waals surface area contributed by atoms with Crippen LogP contribution in [0.5, 0.6) is 0 Å². The van der Waals surface area contributed by atoms with Gasteiger partial charge < -0.3 is 9.64 Å². The molecule has 0 saturated carbocycles. The van der Waals surface area contributed by atoms with E-state index in [1.807, 2.05) is 18.2 Å². The SMILES string of the molecule is N=Nc1cccc2sc(N3CCOCC3)nc12. The molecule has 3 rings (SSSR count). The molecular formula is C11H12N4OS. The molecule has 0 aliphatic carbocycles. The van der Waals surface area contributed by atoms with E-state index in [9.17, 15) is 0 Å². The number of aromatic nitrogens is 1. The monoisotopic (exact) mass is 248 g/mol. The number of hydrogen-bond acceptors (Lipinski definition) is 6. The first-order valence-electron chi connectivity index (χ1n) is 5.48. The molecule has 5 nitrogen and oxygen atoms in total. The van der Waals surface area contributed by atoms with Crippen molar-refractivity contribution in [1.82, 2.24) is 4.98 Å². The molecule has 0 bridgehead atoms. The molecule has 1 aliphatic rings. The van der Waals surface area contributed by atoms with Gasteiger partial charge in [-0.05, 0) is 12.1 Å². The van der Waals surface area contributed by atoms with Crippen LogP contribution in [0.25, 0.3) is 10.2 Å². The van der Waals surface area contributed by atoms with Crippen molar-refractivity contribution in [2.24, 2.45) is 5.11 Å². The lowest BCUT2D eigenvalue weighted by Crippen LogP contribution is -2.36. The van der Waals surface area contributed by atoms with Gasteiger partial charge in [-0.2, -0.15) is 5.11 Å². The average Bonchev–Trinajstić information content (AvgIpc) is 2.83. The highest BCUT2D eigenvalue weighted by Gasteiger charge is 2.16. The molecule has 1 fully saturated rings. The zero-order chi connectivity index (χ0) is 11.7. The molecule has 6 heteroatoms. The first-order chi connectivity index (χ1) is 8.38. The van der Waals surface area contributed by atoms with Gasteiger partial charge in [-0.15, -0.1) is 0 Å². The average molecular weight is 248 g/mol. The van der Waals surface area contributed by atoms with E-state index in [1.54, 1.807) is 11.3 Å². The summed E-state index contributed by atoms with van der Waals surface area (Å²) in [5.74, 6) is 0. The van der Waals surface area contributed by atoms with Crippen LogP contribution in [0.15, 0.2) is 23.3 Å². The summed E-state index contributed by atoms with van der Waals surface area (Å²) in [5, 5.41) is 4.51. The summed E-state index contributed by atoms with van der Waals surface area (Å²) in [6.07, 6.45) is 0. The molecule has 2 heterocycles. The molecule has 88 valence electrons. The second-order valence-electron chi connectivity index (χ2n) is 3.83. The molecule has 0 radical (unpaired) electrons. The van der Waals surface area contributed by atoms with E-state index in [0.717, 1.165) is 41.7 Å². The number of benzene rings is 1. The normalized spacial score (nSPS) is 16.4. The van der Waals surface area contributed by atoms with E-state index in [-0.39, 0.29) is 0 Å². The summed E-state index contributed by atoms with van der Waals surface area (Å²) < 4.78 is 6.41. The predicted octanol–water partition coefficient (Wildman–Crippen LogP) is 2.80. The van der Waals surface area contributed by atoms with Crippen LogP contribution in [0.1, 0.15) is 0 Å². The maximum absolute atomic E-state index is 7.14. The van der Waals surface area contributed by atoms with Crippen molar-refractivity contribution < 1.29 is 4.74 Å². The van der Waals surface area contributed by atoms with Crippen LogP contribution < -0.4 is 4.90 Å². The highest BCUT2D eigenvalue weighted by atomic mass is 32.1. The Balaban J connectivity index is 2.03. The molecule has 0 spiro atoms. The van der Waals surface area contributed by atoms with Crippen molar-refractivity contribution in [3.8, 4) is 0 Å². The minimum absolute atomic E-state index is 0.637. The minimum atomic E-state index is 0.637. The van der Waals surface area contributed by atoms with Crippen molar-refractivity contribution in [2.45, 2.75) is 0 Å². The van der Waals surface area contributed by atoms with Gasteiger partial charge >= 0.3 is 0 Å². The summed E-state index contributed by atoms with van der Waals surface area (Å²) in [7, 11) is 0.